The molecule has 0 saturated carbocycles. The molecule has 1 saturated heterocycles. The van der Waals surface area contributed by atoms with Crippen molar-refractivity contribution in [3.05, 3.63) is 42.2 Å². The number of anilines is 1. The first-order valence-electron chi connectivity index (χ1n) is 8.17. The third kappa shape index (κ3) is 3.01. The molecule has 2 unspecified atom stereocenters. The SMILES string of the molecule is Nc1ncnc2c1nc(OCc1ccccc1)n2C1CCC(CO)O1. The summed E-state index contributed by atoms with van der Waals surface area (Å²) in [5.74, 6) is 0.296. The van der Waals surface area contributed by atoms with E-state index in [1.54, 1.807) is 4.57 Å². The van der Waals surface area contributed by atoms with Gasteiger partial charge in [0.25, 0.3) is 0 Å². The number of aliphatic hydroxyl groups is 1. The fourth-order valence-corrected chi connectivity index (χ4v) is 3.00. The molecule has 1 aliphatic rings. The Bertz CT molecular complexity index is 867. The number of nitrogens with two attached hydrogens (primary N) is 1. The van der Waals surface area contributed by atoms with Crippen LogP contribution in [-0.4, -0.2) is 37.3 Å². The molecular formula is C17H19N5O3. The molecule has 8 nitrogen and oxygen atoms in total. The number of fused-ring (bicyclic) bond motifs is 1. The lowest BCUT2D eigenvalue weighted by atomic mass is 10.2. The number of benzene rings is 1. The van der Waals surface area contributed by atoms with Crippen LogP contribution < -0.4 is 10.5 Å². The van der Waals surface area contributed by atoms with Gasteiger partial charge in [0.05, 0.1) is 12.7 Å². The Morgan fingerprint density at radius 2 is 2.08 bits per heavy atom. The van der Waals surface area contributed by atoms with Crippen molar-refractivity contribution in [3.63, 3.8) is 0 Å². The van der Waals surface area contributed by atoms with Gasteiger partial charge in [-0.2, -0.15) is 4.98 Å². The summed E-state index contributed by atoms with van der Waals surface area (Å²) in [6.07, 6.45) is 2.41. The van der Waals surface area contributed by atoms with Crippen molar-refractivity contribution in [3.8, 4) is 6.01 Å². The van der Waals surface area contributed by atoms with Gasteiger partial charge in [0.1, 0.15) is 19.2 Å². The third-order valence-corrected chi connectivity index (χ3v) is 4.26. The van der Waals surface area contributed by atoms with Crippen molar-refractivity contribution in [2.75, 3.05) is 12.3 Å². The highest BCUT2D eigenvalue weighted by atomic mass is 16.5. The molecule has 8 heteroatoms. The second kappa shape index (κ2) is 6.66. The second-order valence-electron chi connectivity index (χ2n) is 5.94. The number of ether oxygens (including phenoxy) is 2. The lowest BCUT2D eigenvalue weighted by molar-refractivity contribution is -0.0245. The van der Waals surface area contributed by atoms with Crippen LogP contribution in [0.15, 0.2) is 36.7 Å². The van der Waals surface area contributed by atoms with Crippen molar-refractivity contribution in [2.24, 2.45) is 0 Å². The molecule has 0 bridgehead atoms. The van der Waals surface area contributed by atoms with Gasteiger partial charge in [-0.05, 0) is 18.4 Å². The highest BCUT2D eigenvalue weighted by Crippen LogP contribution is 2.35. The number of aliphatic hydroxyl groups excluding tert-OH is 1. The van der Waals surface area contributed by atoms with Gasteiger partial charge in [0.2, 0.25) is 0 Å². The van der Waals surface area contributed by atoms with Crippen molar-refractivity contribution < 1.29 is 14.6 Å². The van der Waals surface area contributed by atoms with E-state index in [4.69, 9.17) is 15.2 Å². The van der Waals surface area contributed by atoms with Crippen LogP contribution in [0, 0.1) is 0 Å². The first kappa shape index (κ1) is 15.8. The Kier molecular flexibility index (Phi) is 4.21. The van der Waals surface area contributed by atoms with Gasteiger partial charge in [0, 0.05) is 0 Å². The highest BCUT2D eigenvalue weighted by molar-refractivity contribution is 5.82. The second-order valence-corrected chi connectivity index (χ2v) is 5.94. The Hall–Kier alpha value is -2.71. The maximum atomic E-state index is 9.33. The van der Waals surface area contributed by atoms with E-state index in [1.807, 2.05) is 30.3 Å². The molecule has 25 heavy (non-hydrogen) atoms. The molecule has 3 N–H and O–H groups in total. The van der Waals surface area contributed by atoms with Gasteiger partial charge in [-0.1, -0.05) is 30.3 Å². The van der Waals surface area contributed by atoms with Gasteiger partial charge in [-0.3, -0.25) is 4.57 Å². The normalized spacial score (nSPS) is 20.2. The number of rotatable bonds is 5. The summed E-state index contributed by atoms with van der Waals surface area (Å²) in [7, 11) is 0. The Morgan fingerprint density at radius 3 is 2.84 bits per heavy atom. The minimum absolute atomic E-state index is 0.0134. The summed E-state index contributed by atoms with van der Waals surface area (Å²) in [5.41, 5.74) is 8.02. The minimum atomic E-state index is -0.303. The van der Waals surface area contributed by atoms with Crippen LogP contribution in [0.5, 0.6) is 6.01 Å². The molecule has 1 fully saturated rings. The van der Waals surface area contributed by atoms with Crippen LogP contribution in [0.25, 0.3) is 11.2 Å². The Balaban J connectivity index is 1.69. The summed E-state index contributed by atoms with van der Waals surface area (Å²) in [6, 6.07) is 10.2. The molecule has 0 radical (unpaired) electrons. The minimum Gasteiger partial charge on any atom is -0.460 e. The number of hydrogen-bond acceptors (Lipinski definition) is 7. The predicted octanol–water partition coefficient (Wildman–Crippen LogP) is 1.66. The van der Waals surface area contributed by atoms with Crippen LogP contribution in [-0.2, 0) is 11.3 Å². The van der Waals surface area contributed by atoms with E-state index in [0.29, 0.717) is 29.6 Å². The number of nitrogens with zero attached hydrogens (tertiary/aromatic N) is 4. The average molecular weight is 341 g/mol. The van der Waals surface area contributed by atoms with Gasteiger partial charge < -0.3 is 20.3 Å². The highest BCUT2D eigenvalue weighted by Gasteiger charge is 2.31. The number of hydrogen-bond donors (Lipinski definition) is 2. The van der Waals surface area contributed by atoms with Gasteiger partial charge in [0.15, 0.2) is 17.0 Å². The third-order valence-electron chi connectivity index (χ3n) is 4.26. The molecule has 3 heterocycles. The standard InChI is InChI=1S/C17H19N5O3/c18-15-14-16(20-10-19-15)22(13-7-6-12(8-23)25-13)17(21-14)24-9-11-4-2-1-3-5-11/h1-5,10,12-13,23H,6-9H2,(H2,18,19,20). The lowest BCUT2D eigenvalue weighted by Crippen LogP contribution is -2.15. The molecule has 0 aliphatic carbocycles. The molecule has 0 amide bonds. The van der Waals surface area contributed by atoms with Gasteiger partial charge >= 0.3 is 6.01 Å². The average Bonchev–Trinajstić information content (AvgIpc) is 3.25. The monoisotopic (exact) mass is 341 g/mol. The fraction of sp³-hybridized carbons (Fsp3) is 0.353. The Labute approximate surface area is 144 Å². The molecule has 1 aliphatic heterocycles. The van der Waals surface area contributed by atoms with Crippen LogP contribution in [0.3, 0.4) is 0 Å². The molecule has 2 atom stereocenters. The van der Waals surface area contributed by atoms with E-state index in [-0.39, 0.29) is 18.9 Å². The zero-order chi connectivity index (χ0) is 17.2. The van der Waals surface area contributed by atoms with Gasteiger partial charge in [-0.25, -0.2) is 9.97 Å². The molecule has 2 aromatic heterocycles. The quantitative estimate of drug-likeness (QED) is 0.726. The van der Waals surface area contributed by atoms with Crippen LogP contribution in [0.1, 0.15) is 24.6 Å². The summed E-state index contributed by atoms with van der Waals surface area (Å²) in [5, 5.41) is 9.33. The van der Waals surface area contributed by atoms with Crippen LogP contribution in [0.2, 0.25) is 0 Å². The first-order valence-corrected chi connectivity index (χ1v) is 8.17. The lowest BCUT2D eigenvalue weighted by Gasteiger charge is -2.16. The number of nitrogen functional groups attached to an aromatic ring is 1. The van der Waals surface area contributed by atoms with Crippen LogP contribution in [0.4, 0.5) is 5.82 Å². The number of aromatic nitrogens is 4. The van der Waals surface area contributed by atoms with Crippen molar-refractivity contribution in [1.82, 2.24) is 19.5 Å². The smallest absolute Gasteiger partial charge is 0.301 e. The maximum absolute atomic E-state index is 9.33. The van der Waals surface area contributed by atoms with E-state index >= 15 is 0 Å². The van der Waals surface area contributed by atoms with E-state index in [2.05, 4.69) is 15.0 Å². The summed E-state index contributed by atoms with van der Waals surface area (Å²) in [6.45, 7) is 0.355. The summed E-state index contributed by atoms with van der Waals surface area (Å²) in [4.78, 5) is 12.8. The molecule has 4 rings (SSSR count). The summed E-state index contributed by atoms with van der Waals surface area (Å²) >= 11 is 0. The number of imidazole rings is 1. The predicted molar refractivity (Wildman–Crippen MR) is 90.7 cm³/mol. The largest absolute Gasteiger partial charge is 0.460 e. The molecule has 1 aromatic carbocycles. The topological polar surface area (TPSA) is 108 Å². The van der Waals surface area contributed by atoms with E-state index in [0.717, 1.165) is 18.4 Å². The van der Waals surface area contributed by atoms with E-state index in [9.17, 15) is 5.11 Å². The summed E-state index contributed by atoms with van der Waals surface area (Å²) < 4.78 is 13.6. The van der Waals surface area contributed by atoms with Gasteiger partial charge in [-0.15, -0.1) is 0 Å². The molecule has 0 spiro atoms. The zero-order valence-corrected chi connectivity index (χ0v) is 13.6. The first-order chi connectivity index (χ1) is 12.3. The fourth-order valence-electron chi connectivity index (χ4n) is 3.00. The maximum Gasteiger partial charge on any atom is 0.301 e. The van der Waals surface area contributed by atoms with Crippen molar-refractivity contribution in [1.29, 1.82) is 0 Å². The van der Waals surface area contributed by atoms with E-state index < -0.39 is 0 Å². The molecule has 130 valence electrons. The Morgan fingerprint density at radius 1 is 1.24 bits per heavy atom. The van der Waals surface area contributed by atoms with E-state index in [1.165, 1.54) is 6.33 Å². The van der Waals surface area contributed by atoms with Crippen LogP contribution >= 0.6 is 0 Å². The molecular weight excluding hydrogens is 322 g/mol. The van der Waals surface area contributed by atoms with Crippen molar-refractivity contribution >= 4 is 17.0 Å². The van der Waals surface area contributed by atoms with Crippen molar-refractivity contribution in [2.45, 2.75) is 31.8 Å². The molecule has 3 aromatic rings. The zero-order valence-electron chi connectivity index (χ0n) is 13.6.